The fourth-order valence-corrected chi connectivity index (χ4v) is 6.27. The zero-order valence-corrected chi connectivity index (χ0v) is 19.0. The third-order valence-corrected chi connectivity index (χ3v) is 8.08. The number of sulfone groups is 1. The first-order valence-electron chi connectivity index (χ1n) is 10.8. The lowest BCUT2D eigenvalue weighted by atomic mass is 9.90. The van der Waals surface area contributed by atoms with Crippen molar-refractivity contribution >= 4 is 38.5 Å². The van der Waals surface area contributed by atoms with Gasteiger partial charge in [0.2, 0.25) is 5.91 Å². The van der Waals surface area contributed by atoms with E-state index >= 15 is 0 Å². The van der Waals surface area contributed by atoms with Gasteiger partial charge in [-0.2, -0.15) is 0 Å². The van der Waals surface area contributed by atoms with Gasteiger partial charge in [-0.1, -0.05) is 43.3 Å². The topological polar surface area (TPSA) is 104 Å². The zero-order chi connectivity index (χ0) is 23.1. The number of hydrogen-bond acceptors (Lipinski definition) is 5. The van der Waals surface area contributed by atoms with E-state index in [-0.39, 0.29) is 11.5 Å². The molecule has 0 saturated carbocycles. The molecule has 0 radical (unpaired) electrons. The molecule has 2 unspecified atom stereocenters. The van der Waals surface area contributed by atoms with Crippen LogP contribution >= 0.6 is 0 Å². The van der Waals surface area contributed by atoms with Gasteiger partial charge in [-0.15, -0.1) is 0 Å². The quantitative estimate of drug-likeness (QED) is 0.669. The van der Waals surface area contributed by atoms with Gasteiger partial charge in [-0.25, -0.2) is 13.2 Å². The van der Waals surface area contributed by atoms with Crippen molar-refractivity contribution in [3.05, 3.63) is 48.0 Å². The molecule has 8 nitrogen and oxygen atoms in total. The summed E-state index contributed by atoms with van der Waals surface area (Å²) in [6.07, 6.45) is 1.03. The summed E-state index contributed by atoms with van der Waals surface area (Å²) in [6, 6.07) is 12.2. The van der Waals surface area contributed by atoms with Crippen molar-refractivity contribution in [1.82, 2.24) is 15.1 Å². The van der Waals surface area contributed by atoms with Crippen molar-refractivity contribution in [2.24, 2.45) is 0 Å². The highest BCUT2D eigenvalue weighted by Gasteiger charge is 2.50. The summed E-state index contributed by atoms with van der Waals surface area (Å²) in [5, 5.41) is 4.70. The molecule has 2 fully saturated rings. The van der Waals surface area contributed by atoms with E-state index in [1.807, 2.05) is 43.3 Å². The van der Waals surface area contributed by atoms with E-state index in [4.69, 9.17) is 0 Å². The highest BCUT2D eigenvalue weighted by Crippen LogP contribution is 2.31. The van der Waals surface area contributed by atoms with Crippen LogP contribution in [0.25, 0.3) is 10.8 Å². The maximum absolute atomic E-state index is 13.3. The van der Waals surface area contributed by atoms with Crippen LogP contribution in [-0.2, 0) is 25.0 Å². The highest BCUT2D eigenvalue weighted by molar-refractivity contribution is 7.91. The largest absolute Gasteiger partial charge is 0.337 e. The number of rotatable bonds is 6. The second kappa shape index (κ2) is 8.20. The van der Waals surface area contributed by atoms with E-state index in [1.165, 1.54) is 4.90 Å². The average molecular weight is 458 g/mol. The van der Waals surface area contributed by atoms with Gasteiger partial charge in [0.05, 0.1) is 11.5 Å². The molecule has 9 heteroatoms. The van der Waals surface area contributed by atoms with E-state index in [0.717, 1.165) is 15.7 Å². The maximum Gasteiger partial charge on any atom is 0.325 e. The van der Waals surface area contributed by atoms with Crippen LogP contribution in [0.1, 0.15) is 32.3 Å². The van der Waals surface area contributed by atoms with Gasteiger partial charge in [-0.3, -0.25) is 14.5 Å². The number of nitrogens with one attached hydrogen (secondary N) is 1. The molecule has 0 bridgehead atoms. The molecule has 2 heterocycles. The molecule has 0 aromatic heterocycles. The van der Waals surface area contributed by atoms with Crippen LogP contribution in [-0.4, -0.2) is 66.7 Å². The summed E-state index contributed by atoms with van der Waals surface area (Å²) in [7, 11) is -3.17. The number of nitrogens with zero attached hydrogens (tertiary/aromatic N) is 2. The third-order valence-electron chi connectivity index (χ3n) is 6.33. The summed E-state index contributed by atoms with van der Waals surface area (Å²) < 4.78 is 23.8. The molecule has 2 aromatic carbocycles. The van der Waals surface area contributed by atoms with Gasteiger partial charge < -0.3 is 10.2 Å². The number of amides is 4. The van der Waals surface area contributed by atoms with E-state index in [0.29, 0.717) is 24.9 Å². The Kier molecular flexibility index (Phi) is 5.70. The van der Waals surface area contributed by atoms with Crippen molar-refractivity contribution in [2.75, 3.05) is 24.6 Å². The summed E-state index contributed by atoms with van der Waals surface area (Å²) in [5.74, 6) is -0.941. The maximum atomic E-state index is 13.3. The minimum absolute atomic E-state index is 0.0499. The van der Waals surface area contributed by atoms with Gasteiger partial charge >= 0.3 is 6.03 Å². The molecular formula is C23H27N3O5S. The van der Waals surface area contributed by atoms with Crippen LogP contribution in [0.3, 0.4) is 0 Å². The van der Waals surface area contributed by atoms with Gasteiger partial charge in [0.15, 0.2) is 9.84 Å². The molecule has 32 heavy (non-hydrogen) atoms. The second-order valence-electron chi connectivity index (χ2n) is 8.65. The molecule has 2 aliphatic rings. The Labute approximate surface area is 187 Å². The number of benzene rings is 2. The van der Waals surface area contributed by atoms with E-state index in [9.17, 15) is 22.8 Å². The zero-order valence-electron chi connectivity index (χ0n) is 18.2. The van der Waals surface area contributed by atoms with Gasteiger partial charge in [0.25, 0.3) is 5.91 Å². The Bertz CT molecular complexity index is 1200. The standard InChI is InChI=1S/C23H27N3O5S/c1-3-11-25(19-10-12-32(30,31)15-19)20(27)14-26-21(28)23(2,24-22(26)29)18-9-8-16-6-4-5-7-17(16)13-18/h4-9,13,19H,3,10-12,14-15H2,1-2H3,(H,24,29). The number of hydrogen-bond donors (Lipinski definition) is 1. The van der Waals surface area contributed by atoms with Crippen LogP contribution in [0.4, 0.5) is 4.79 Å². The van der Waals surface area contributed by atoms with Crippen molar-refractivity contribution in [2.45, 2.75) is 38.3 Å². The highest BCUT2D eigenvalue weighted by atomic mass is 32.2. The van der Waals surface area contributed by atoms with Crippen LogP contribution in [0, 0.1) is 0 Å². The average Bonchev–Trinajstić information content (AvgIpc) is 3.23. The molecular weight excluding hydrogens is 430 g/mol. The molecule has 0 aliphatic carbocycles. The Morgan fingerprint density at radius 2 is 1.91 bits per heavy atom. The second-order valence-corrected chi connectivity index (χ2v) is 10.9. The summed E-state index contributed by atoms with van der Waals surface area (Å²) >= 11 is 0. The molecule has 1 N–H and O–H groups in total. The van der Waals surface area contributed by atoms with Gasteiger partial charge in [0, 0.05) is 12.6 Å². The molecule has 2 aromatic rings. The minimum atomic E-state index is -3.17. The lowest BCUT2D eigenvalue weighted by Crippen LogP contribution is -2.48. The van der Waals surface area contributed by atoms with Crippen LogP contribution in [0.15, 0.2) is 42.5 Å². The van der Waals surface area contributed by atoms with Crippen LogP contribution < -0.4 is 5.32 Å². The molecule has 2 aliphatic heterocycles. The number of fused-ring (bicyclic) bond motifs is 1. The van der Waals surface area contributed by atoms with Crippen LogP contribution in [0.5, 0.6) is 0 Å². The Hall–Kier alpha value is -2.94. The fraction of sp³-hybridized carbons (Fsp3) is 0.435. The summed E-state index contributed by atoms with van der Waals surface area (Å²) in [4.78, 5) is 41.5. The Balaban J connectivity index is 1.55. The first-order chi connectivity index (χ1) is 15.1. The van der Waals surface area contributed by atoms with Crippen molar-refractivity contribution < 1.29 is 22.8 Å². The number of carbonyl (C=O) groups is 3. The normalized spacial score (nSPS) is 24.7. The van der Waals surface area contributed by atoms with Crippen molar-refractivity contribution in [3.63, 3.8) is 0 Å². The molecule has 4 rings (SSSR count). The van der Waals surface area contributed by atoms with Crippen LogP contribution in [0.2, 0.25) is 0 Å². The minimum Gasteiger partial charge on any atom is -0.337 e. The van der Waals surface area contributed by atoms with E-state index < -0.39 is 45.8 Å². The van der Waals surface area contributed by atoms with E-state index in [1.54, 1.807) is 13.0 Å². The number of urea groups is 1. The number of imide groups is 1. The van der Waals surface area contributed by atoms with E-state index in [2.05, 4.69) is 5.32 Å². The number of carbonyl (C=O) groups excluding carboxylic acids is 3. The molecule has 0 spiro atoms. The predicted molar refractivity (Wildman–Crippen MR) is 121 cm³/mol. The molecule has 170 valence electrons. The summed E-state index contributed by atoms with van der Waals surface area (Å²) in [5.41, 5.74) is -0.648. The molecule has 2 atom stereocenters. The predicted octanol–water partition coefficient (Wildman–Crippen LogP) is 2.03. The van der Waals surface area contributed by atoms with Crippen molar-refractivity contribution in [1.29, 1.82) is 0 Å². The molecule has 2 saturated heterocycles. The third kappa shape index (κ3) is 3.97. The first-order valence-corrected chi connectivity index (χ1v) is 12.6. The Morgan fingerprint density at radius 3 is 2.56 bits per heavy atom. The lowest BCUT2D eigenvalue weighted by molar-refractivity contribution is -0.140. The fourth-order valence-electron chi connectivity index (χ4n) is 4.54. The van der Waals surface area contributed by atoms with Gasteiger partial charge in [-0.05, 0) is 42.2 Å². The monoisotopic (exact) mass is 457 g/mol. The first kappa shape index (κ1) is 22.3. The Morgan fingerprint density at radius 1 is 1.19 bits per heavy atom. The summed E-state index contributed by atoms with van der Waals surface area (Å²) in [6.45, 7) is 3.50. The van der Waals surface area contributed by atoms with Gasteiger partial charge in [0.1, 0.15) is 12.1 Å². The van der Waals surface area contributed by atoms with Crippen molar-refractivity contribution in [3.8, 4) is 0 Å². The SMILES string of the molecule is CCCN(C(=O)CN1C(=O)NC(C)(c2ccc3ccccc3c2)C1=O)C1CCS(=O)(=O)C1. The lowest BCUT2D eigenvalue weighted by Gasteiger charge is -2.29. The smallest absolute Gasteiger partial charge is 0.325 e. The molecule has 4 amide bonds.